The fourth-order valence-electron chi connectivity index (χ4n) is 2.60. The third-order valence-electron chi connectivity index (χ3n) is 3.45. The van der Waals surface area contributed by atoms with Crippen LogP contribution in [-0.2, 0) is 10.0 Å². The predicted molar refractivity (Wildman–Crippen MR) is 84.6 cm³/mol. The molecule has 0 amide bonds. The highest BCUT2D eigenvalue weighted by Gasteiger charge is 2.18. The molecule has 0 spiro atoms. The summed E-state index contributed by atoms with van der Waals surface area (Å²) in [6, 6.07) is 3.84. The number of hydrogen-bond acceptors (Lipinski definition) is 2. The molecule has 20 heavy (non-hydrogen) atoms. The van der Waals surface area contributed by atoms with Crippen molar-refractivity contribution in [2.75, 3.05) is 6.54 Å². The second kappa shape index (κ2) is 7.79. The molecule has 0 unspecified atom stereocenters. The van der Waals surface area contributed by atoms with Gasteiger partial charge < -0.3 is 0 Å². The molecule has 0 aliphatic heterocycles. The summed E-state index contributed by atoms with van der Waals surface area (Å²) in [5.41, 5.74) is 2.74. The van der Waals surface area contributed by atoms with Crippen molar-refractivity contribution in [3.05, 3.63) is 28.8 Å². The molecule has 3 nitrogen and oxygen atoms in total. The van der Waals surface area contributed by atoms with Gasteiger partial charge in [0.15, 0.2) is 0 Å². The van der Waals surface area contributed by atoms with Gasteiger partial charge in [-0.3, -0.25) is 0 Å². The van der Waals surface area contributed by atoms with E-state index in [1.807, 2.05) is 32.9 Å². The molecular formula is C16H27NO2S. The lowest BCUT2D eigenvalue weighted by atomic mass is 10.1. The van der Waals surface area contributed by atoms with E-state index < -0.39 is 10.0 Å². The van der Waals surface area contributed by atoms with Gasteiger partial charge in [0, 0.05) is 6.54 Å². The summed E-state index contributed by atoms with van der Waals surface area (Å²) < 4.78 is 27.5. The van der Waals surface area contributed by atoms with Gasteiger partial charge in [0.2, 0.25) is 10.0 Å². The number of benzene rings is 1. The molecule has 4 heteroatoms. The average molecular weight is 297 g/mol. The number of sulfonamides is 1. The largest absolute Gasteiger partial charge is 0.241 e. The van der Waals surface area contributed by atoms with E-state index in [2.05, 4.69) is 11.6 Å². The lowest BCUT2D eigenvalue weighted by molar-refractivity contribution is 0.569. The molecular weight excluding hydrogens is 270 g/mol. The molecule has 0 fully saturated rings. The van der Waals surface area contributed by atoms with Crippen LogP contribution in [0.15, 0.2) is 17.0 Å². The Morgan fingerprint density at radius 3 is 2.05 bits per heavy atom. The molecule has 114 valence electrons. The molecule has 0 aliphatic carbocycles. The molecule has 0 saturated heterocycles. The molecule has 0 saturated carbocycles. The fourth-order valence-corrected chi connectivity index (χ4v) is 4.12. The SMILES string of the molecule is CCCCCCCNS(=O)(=O)c1c(C)cc(C)cc1C. The number of unbranched alkanes of at least 4 members (excludes halogenated alkanes) is 4. The van der Waals surface area contributed by atoms with E-state index in [-0.39, 0.29) is 0 Å². The fraction of sp³-hybridized carbons (Fsp3) is 0.625. The lowest BCUT2D eigenvalue weighted by Crippen LogP contribution is -2.26. The molecule has 0 heterocycles. The Hall–Kier alpha value is -0.870. The monoisotopic (exact) mass is 297 g/mol. The van der Waals surface area contributed by atoms with Crippen molar-refractivity contribution in [3.63, 3.8) is 0 Å². The summed E-state index contributed by atoms with van der Waals surface area (Å²) in [6.07, 6.45) is 5.60. The van der Waals surface area contributed by atoms with Crippen LogP contribution in [0.5, 0.6) is 0 Å². The van der Waals surface area contributed by atoms with Gasteiger partial charge in [0.05, 0.1) is 4.90 Å². The number of aryl methyl sites for hydroxylation is 3. The van der Waals surface area contributed by atoms with Crippen LogP contribution in [0.25, 0.3) is 0 Å². The second-order valence-electron chi connectivity index (χ2n) is 5.54. The Labute approximate surface area is 123 Å². The van der Waals surface area contributed by atoms with E-state index in [9.17, 15) is 8.42 Å². The lowest BCUT2D eigenvalue weighted by Gasteiger charge is -2.13. The third kappa shape index (κ3) is 4.91. The van der Waals surface area contributed by atoms with Crippen molar-refractivity contribution < 1.29 is 8.42 Å². The molecule has 1 aromatic rings. The van der Waals surface area contributed by atoms with Crippen LogP contribution in [0.1, 0.15) is 55.7 Å². The highest BCUT2D eigenvalue weighted by molar-refractivity contribution is 7.89. The van der Waals surface area contributed by atoms with Gasteiger partial charge in [-0.05, 0) is 38.3 Å². The van der Waals surface area contributed by atoms with Gasteiger partial charge in [-0.15, -0.1) is 0 Å². The summed E-state index contributed by atoms with van der Waals surface area (Å²) in [7, 11) is -3.38. The highest BCUT2D eigenvalue weighted by Crippen LogP contribution is 2.21. The van der Waals surface area contributed by atoms with Crippen LogP contribution in [0, 0.1) is 20.8 Å². The first kappa shape index (κ1) is 17.2. The minimum Gasteiger partial charge on any atom is -0.211 e. The standard InChI is InChI=1S/C16H27NO2S/c1-5-6-7-8-9-10-17-20(18,19)16-14(3)11-13(2)12-15(16)4/h11-12,17H,5-10H2,1-4H3. The van der Waals surface area contributed by atoms with E-state index >= 15 is 0 Å². The van der Waals surface area contributed by atoms with E-state index in [1.54, 1.807) is 0 Å². The summed E-state index contributed by atoms with van der Waals surface area (Å²) in [6.45, 7) is 8.40. The van der Waals surface area contributed by atoms with Crippen LogP contribution in [0.4, 0.5) is 0 Å². The van der Waals surface area contributed by atoms with Crippen molar-refractivity contribution in [3.8, 4) is 0 Å². The van der Waals surface area contributed by atoms with E-state index in [0.29, 0.717) is 11.4 Å². The van der Waals surface area contributed by atoms with Crippen molar-refractivity contribution in [2.24, 2.45) is 0 Å². The van der Waals surface area contributed by atoms with Gasteiger partial charge in [0.1, 0.15) is 0 Å². The smallest absolute Gasteiger partial charge is 0.211 e. The molecule has 1 rings (SSSR count). The molecule has 0 aliphatic rings. The zero-order valence-corrected chi connectivity index (χ0v) is 13.9. The van der Waals surface area contributed by atoms with Crippen molar-refractivity contribution in [2.45, 2.75) is 64.7 Å². The first-order chi connectivity index (χ1) is 9.38. The van der Waals surface area contributed by atoms with Gasteiger partial charge >= 0.3 is 0 Å². The minimum atomic E-state index is -3.38. The van der Waals surface area contributed by atoms with Crippen LogP contribution in [-0.4, -0.2) is 15.0 Å². The first-order valence-corrected chi connectivity index (χ1v) is 8.94. The molecule has 0 atom stereocenters. The minimum absolute atomic E-state index is 0.441. The van der Waals surface area contributed by atoms with Crippen LogP contribution < -0.4 is 4.72 Å². The number of rotatable bonds is 8. The maximum atomic E-state index is 12.4. The third-order valence-corrected chi connectivity index (χ3v) is 5.21. The maximum Gasteiger partial charge on any atom is 0.241 e. The molecule has 0 radical (unpaired) electrons. The zero-order chi connectivity index (χ0) is 15.2. The van der Waals surface area contributed by atoms with E-state index in [0.717, 1.165) is 29.5 Å². The topological polar surface area (TPSA) is 46.2 Å². The molecule has 0 aromatic heterocycles. The van der Waals surface area contributed by atoms with Crippen molar-refractivity contribution in [1.82, 2.24) is 4.72 Å². The quantitative estimate of drug-likeness (QED) is 0.741. The maximum absolute atomic E-state index is 12.4. The Bertz CT molecular complexity index is 512. The predicted octanol–water partition coefficient (Wildman–Crippen LogP) is 3.86. The van der Waals surface area contributed by atoms with Crippen LogP contribution in [0.3, 0.4) is 0 Å². The summed E-state index contributed by atoms with van der Waals surface area (Å²) in [5, 5.41) is 0. The molecule has 1 aromatic carbocycles. The van der Waals surface area contributed by atoms with Gasteiger partial charge in [-0.1, -0.05) is 50.3 Å². The molecule has 1 N–H and O–H groups in total. The van der Waals surface area contributed by atoms with Crippen LogP contribution >= 0.6 is 0 Å². The highest BCUT2D eigenvalue weighted by atomic mass is 32.2. The Balaban J connectivity index is 2.66. The average Bonchev–Trinajstić information content (AvgIpc) is 2.31. The number of nitrogens with one attached hydrogen (secondary N) is 1. The Kier molecular flexibility index (Phi) is 6.69. The first-order valence-electron chi connectivity index (χ1n) is 7.46. The van der Waals surface area contributed by atoms with Gasteiger partial charge in [0.25, 0.3) is 0 Å². The van der Waals surface area contributed by atoms with Crippen molar-refractivity contribution >= 4 is 10.0 Å². The van der Waals surface area contributed by atoms with E-state index in [4.69, 9.17) is 0 Å². The molecule has 0 bridgehead atoms. The summed E-state index contributed by atoms with van der Waals surface area (Å²) >= 11 is 0. The van der Waals surface area contributed by atoms with Gasteiger partial charge in [-0.2, -0.15) is 0 Å². The summed E-state index contributed by atoms with van der Waals surface area (Å²) in [5.74, 6) is 0. The Morgan fingerprint density at radius 1 is 0.950 bits per heavy atom. The van der Waals surface area contributed by atoms with Crippen LogP contribution in [0.2, 0.25) is 0 Å². The van der Waals surface area contributed by atoms with E-state index in [1.165, 1.54) is 19.3 Å². The van der Waals surface area contributed by atoms with Gasteiger partial charge in [-0.25, -0.2) is 13.1 Å². The van der Waals surface area contributed by atoms with Crippen molar-refractivity contribution in [1.29, 1.82) is 0 Å². The summed E-state index contributed by atoms with van der Waals surface area (Å²) in [4.78, 5) is 0.441. The second-order valence-corrected chi connectivity index (χ2v) is 7.24. The normalized spacial score (nSPS) is 11.8. The Morgan fingerprint density at radius 2 is 1.50 bits per heavy atom. The number of hydrogen-bond donors (Lipinski definition) is 1. The zero-order valence-electron chi connectivity index (χ0n) is 13.1.